The molecule has 1 atom stereocenters. The summed E-state index contributed by atoms with van der Waals surface area (Å²) in [5.74, 6) is 0.212. The predicted octanol–water partition coefficient (Wildman–Crippen LogP) is 2.99. The molecule has 1 saturated heterocycles. The number of carbonyl (C=O) groups is 3. The Kier molecular flexibility index (Phi) is 8.59. The largest absolute Gasteiger partial charge is 0.489 e. The molecule has 1 spiro atoms. The summed E-state index contributed by atoms with van der Waals surface area (Å²) in [7, 11) is 0. The SMILES string of the molecule is O=C1NC[C@@H](Cc2ccccc2)NC(=O)C2(C/C=C/COc3ccccc31)CCN(C(=O)Cn1cccn1)CC2. The first-order chi connectivity index (χ1) is 19.5. The molecule has 2 aliphatic heterocycles. The average molecular weight is 542 g/mol. The van der Waals surface area contributed by atoms with Crippen LogP contribution in [0.2, 0.25) is 0 Å². The van der Waals surface area contributed by atoms with E-state index in [1.54, 1.807) is 41.3 Å². The number of aromatic nitrogens is 2. The summed E-state index contributed by atoms with van der Waals surface area (Å²) in [5.41, 5.74) is 0.862. The van der Waals surface area contributed by atoms with Gasteiger partial charge in [-0.2, -0.15) is 5.10 Å². The number of fused-ring (bicyclic) bond motifs is 1. The topological polar surface area (TPSA) is 106 Å². The Morgan fingerprint density at radius 1 is 1.00 bits per heavy atom. The van der Waals surface area contributed by atoms with Crippen molar-refractivity contribution in [2.24, 2.45) is 5.41 Å². The highest BCUT2D eigenvalue weighted by Gasteiger charge is 2.42. The van der Waals surface area contributed by atoms with Gasteiger partial charge < -0.3 is 20.3 Å². The summed E-state index contributed by atoms with van der Waals surface area (Å²) in [6.07, 6.45) is 9.50. The molecule has 9 heteroatoms. The Morgan fingerprint density at radius 2 is 1.77 bits per heavy atom. The van der Waals surface area contributed by atoms with Crippen molar-refractivity contribution in [2.45, 2.75) is 38.3 Å². The summed E-state index contributed by atoms with van der Waals surface area (Å²) in [4.78, 5) is 41.8. The lowest BCUT2D eigenvalue weighted by Crippen LogP contribution is -2.54. The molecule has 2 aromatic carbocycles. The molecule has 3 aromatic rings. The fraction of sp³-hybridized carbons (Fsp3) is 0.355. The van der Waals surface area contributed by atoms with Crippen LogP contribution in [0, 0.1) is 5.41 Å². The van der Waals surface area contributed by atoms with E-state index in [0.29, 0.717) is 50.1 Å². The summed E-state index contributed by atoms with van der Waals surface area (Å²) >= 11 is 0. The van der Waals surface area contributed by atoms with Crippen LogP contribution < -0.4 is 15.4 Å². The van der Waals surface area contributed by atoms with Crippen LogP contribution in [0.3, 0.4) is 0 Å². The maximum absolute atomic E-state index is 14.0. The zero-order valence-corrected chi connectivity index (χ0v) is 22.5. The predicted molar refractivity (Wildman–Crippen MR) is 151 cm³/mol. The van der Waals surface area contributed by atoms with Crippen LogP contribution in [0.4, 0.5) is 0 Å². The second kappa shape index (κ2) is 12.6. The second-order valence-corrected chi connectivity index (χ2v) is 10.4. The number of amides is 3. The van der Waals surface area contributed by atoms with Gasteiger partial charge in [0.25, 0.3) is 5.91 Å². The number of rotatable bonds is 4. The molecule has 40 heavy (non-hydrogen) atoms. The van der Waals surface area contributed by atoms with E-state index in [4.69, 9.17) is 4.74 Å². The average Bonchev–Trinajstić information content (AvgIpc) is 3.49. The number of nitrogens with one attached hydrogen (secondary N) is 2. The van der Waals surface area contributed by atoms with E-state index in [9.17, 15) is 14.4 Å². The van der Waals surface area contributed by atoms with Crippen LogP contribution >= 0.6 is 0 Å². The molecule has 0 aliphatic carbocycles. The number of para-hydroxylation sites is 1. The van der Waals surface area contributed by atoms with Crippen molar-refractivity contribution in [1.82, 2.24) is 25.3 Å². The Balaban J connectivity index is 1.35. The monoisotopic (exact) mass is 541 g/mol. The van der Waals surface area contributed by atoms with E-state index < -0.39 is 5.41 Å². The summed E-state index contributed by atoms with van der Waals surface area (Å²) < 4.78 is 7.53. The van der Waals surface area contributed by atoms with Crippen LogP contribution in [0.25, 0.3) is 0 Å². The van der Waals surface area contributed by atoms with Gasteiger partial charge in [-0.25, -0.2) is 0 Å². The molecule has 0 radical (unpaired) electrons. The molecule has 1 aromatic heterocycles. The highest BCUT2D eigenvalue weighted by Crippen LogP contribution is 2.36. The Bertz CT molecular complexity index is 1330. The van der Waals surface area contributed by atoms with Crippen molar-refractivity contribution in [3.05, 3.63) is 96.3 Å². The first-order valence-electron chi connectivity index (χ1n) is 13.8. The number of hydrogen-bond donors (Lipinski definition) is 2. The summed E-state index contributed by atoms with van der Waals surface area (Å²) in [6, 6.07) is 18.6. The fourth-order valence-corrected chi connectivity index (χ4v) is 5.36. The first kappa shape index (κ1) is 27.2. The van der Waals surface area contributed by atoms with Crippen LogP contribution in [-0.2, 0) is 22.6 Å². The first-order valence-corrected chi connectivity index (χ1v) is 13.8. The normalized spacial score (nSPS) is 20.4. The number of allylic oxidation sites excluding steroid dienone is 1. The molecule has 0 saturated carbocycles. The van der Waals surface area contributed by atoms with Gasteiger partial charge in [-0.1, -0.05) is 54.6 Å². The van der Waals surface area contributed by atoms with Crippen molar-refractivity contribution in [2.75, 3.05) is 26.2 Å². The lowest BCUT2D eigenvalue weighted by molar-refractivity contribution is -0.141. The lowest BCUT2D eigenvalue weighted by Gasteiger charge is -2.41. The highest BCUT2D eigenvalue weighted by atomic mass is 16.5. The molecular weight excluding hydrogens is 506 g/mol. The van der Waals surface area contributed by atoms with Crippen molar-refractivity contribution in [3.8, 4) is 5.75 Å². The third-order valence-corrected chi connectivity index (χ3v) is 7.72. The third-order valence-electron chi connectivity index (χ3n) is 7.72. The molecule has 9 nitrogen and oxygen atoms in total. The van der Waals surface area contributed by atoms with Crippen molar-refractivity contribution in [1.29, 1.82) is 0 Å². The lowest BCUT2D eigenvalue weighted by atomic mass is 9.74. The van der Waals surface area contributed by atoms with Crippen LogP contribution in [0.15, 0.2) is 85.2 Å². The standard InChI is InChI=1S/C31H35N5O4/c37-28(23-36-17-8-16-33-36)35-18-14-31(15-19-35)13-6-7-20-40-27-12-5-4-11-26(27)29(38)32-22-25(34-30(31)39)21-24-9-2-1-3-10-24/h1-12,16-17,25H,13-15,18-23H2,(H,32,38)(H,34,39)/b7-6+/t25-/m1/s1. The highest BCUT2D eigenvalue weighted by molar-refractivity contribution is 5.97. The van der Waals surface area contributed by atoms with Gasteiger partial charge in [-0.15, -0.1) is 0 Å². The summed E-state index contributed by atoms with van der Waals surface area (Å²) in [6.45, 7) is 1.72. The van der Waals surface area contributed by atoms with E-state index in [0.717, 1.165) is 5.56 Å². The fourth-order valence-electron chi connectivity index (χ4n) is 5.36. The molecular formula is C31H35N5O4. The zero-order valence-electron chi connectivity index (χ0n) is 22.5. The number of carbonyl (C=O) groups excluding carboxylic acids is 3. The maximum Gasteiger partial charge on any atom is 0.255 e. The van der Waals surface area contributed by atoms with Gasteiger partial charge in [0, 0.05) is 32.0 Å². The molecule has 2 aliphatic rings. The number of benzene rings is 2. The Hall–Kier alpha value is -4.40. The van der Waals surface area contributed by atoms with Crippen molar-refractivity contribution >= 4 is 17.7 Å². The Morgan fingerprint density at radius 3 is 2.55 bits per heavy atom. The van der Waals surface area contributed by atoms with Crippen molar-refractivity contribution in [3.63, 3.8) is 0 Å². The van der Waals surface area contributed by atoms with Gasteiger partial charge in [0.2, 0.25) is 11.8 Å². The molecule has 2 N–H and O–H groups in total. The number of piperidine rings is 1. The van der Waals surface area contributed by atoms with E-state index >= 15 is 0 Å². The van der Waals surface area contributed by atoms with E-state index in [2.05, 4.69) is 15.7 Å². The molecule has 5 rings (SSSR count). The number of ether oxygens (including phenoxy) is 1. The van der Waals surface area contributed by atoms with Crippen LogP contribution in [-0.4, -0.2) is 64.7 Å². The second-order valence-electron chi connectivity index (χ2n) is 10.4. The molecule has 3 heterocycles. The molecule has 3 amide bonds. The van der Waals surface area contributed by atoms with Gasteiger partial charge in [-0.3, -0.25) is 19.1 Å². The number of hydrogen-bond acceptors (Lipinski definition) is 5. The van der Waals surface area contributed by atoms with Crippen LogP contribution in [0.5, 0.6) is 5.75 Å². The van der Waals surface area contributed by atoms with E-state index in [1.807, 2.05) is 53.5 Å². The third kappa shape index (κ3) is 6.59. The number of likely N-dealkylation sites (tertiary alicyclic amines) is 1. The minimum Gasteiger partial charge on any atom is -0.489 e. The molecule has 0 bridgehead atoms. The van der Waals surface area contributed by atoms with Gasteiger partial charge in [-0.05, 0) is 49.4 Å². The zero-order chi connectivity index (χ0) is 27.8. The smallest absolute Gasteiger partial charge is 0.255 e. The van der Waals surface area contributed by atoms with Crippen LogP contribution in [0.1, 0.15) is 35.2 Å². The van der Waals surface area contributed by atoms with E-state index in [1.165, 1.54) is 0 Å². The number of nitrogens with zero attached hydrogens (tertiary/aromatic N) is 3. The molecule has 208 valence electrons. The molecule has 0 unspecified atom stereocenters. The van der Waals surface area contributed by atoms with Gasteiger partial charge >= 0.3 is 0 Å². The van der Waals surface area contributed by atoms with Gasteiger partial charge in [0.05, 0.1) is 17.0 Å². The minimum atomic E-state index is -0.667. The minimum absolute atomic E-state index is 0.00729. The van der Waals surface area contributed by atoms with Gasteiger partial charge in [0.1, 0.15) is 18.9 Å². The van der Waals surface area contributed by atoms with Gasteiger partial charge in [0.15, 0.2) is 0 Å². The maximum atomic E-state index is 14.0. The Labute approximate surface area is 234 Å². The van der Waals surface area contributed by atoms with Crippen molar-refractivity contribution < 1.29 is 19.1 Å². The molecule has 1 fully saturated rings. The summed E-state index contributed by atoms with van der Waals surface area (Å²) in [5, 5.41) is 10.4. The van der Waals surface area contributed by atoms with E-state index in [-0.39, 0.29) is 43.5 Å². The quantitative estimate of drug-likeness (QED) is 0.494.